The third-order valence-corrected chi connectivity index (χ3v) is 3.31. The zero-order valence-corrected chi connectivity index (χ0v) is 10.3. The lowest BCUT2D eigenvalue weighted by Crippen LogP contribution is -2.24. The number of anilines is 1. The Bertz CT molecular complexity index is 411. The van der Waals surface area contributed by atoms with Gasteiger partial charge >= 0.3 is 0 Å². The second-order valence-corrected chi connectivity index (χ2v) is 4.91. The lowest BCUT2D eigenvalue weighted by molar-refractivity contribution is 0.0953. The molecule has 3 nitrogen and oxygen atoms in total. The van der Waals surface area contributed by atoms with Crippen molar-refractivity contribution in [3.63, 3.8) is 0 Å². The van der Waals surface area contributed by atoms with Gasteiger partial charge in [0.1, 0.15) is 0 Å². The minimum atomic E-state index is -0.0208. The molecule has 1 aliphatic rings. The van der Waals surface area contributed by atoms with Gasteiger partial charge in [0, 0.05) is 17.8 Å². The van der Waals surface area contributed by atoms with Crippen molar-refractivity contribution < 1.29 is 4.79 Å². The van der Waals surface area contributed by atoms with Gasteiger partial charge in [0.2, 0.25) is 0 Å². The highest BCUT2D eigenvalue weighted by Gasteiger charge is 2.20. The van der Waals surface area contributed by atoms with E-state index in [1.165, 1.54) is 19.3 Å². The standard InChI is InChI=1S/C14H20N2O/c1-10-4-7-12(9-13(10)15)14(17)16-8-2-3-11-5-6-11/h4,7,9,11H,2-3,5-6,8,15H2,1H3,(H,16,17). The first-order chi connectivity index (χ1) is 8.16. The van der Waals surface area contributed by atoms with E-state index in [4.69, 9.17) is 5.73 Å². The summed E-state index contributed by atoms with van der Waals surface area (Å²) in [6, 6.07) is 5.45. The molecule has 0 aliphatic heterocycles. The Morgan fingerprint density at radius 2 is 2.24 bits per heavy atom. The van der Waals surface area contributed by atoms with Crippen LogP contribution in [0.3, 0.4) is 0 Å². The van der Waals surface area contributed by atoms with E-state index in [1.54, 1.807) is 6.07 Å². The second kappa shape index (κ2) is 5.21. The maximum atomic E-state index is 11.8. The molecule has 0 unspecified atom stereocenters. The van der Waals surface area contributed by atoms with Crippen molar-refractivity contribution in [2.24, 2.45) is 5.92 Å². The first-order valence-electron chi connectivity index (χ1n) is 6.31. The predicted octanol–water partition coefficient (Wildman–Crippen LogP) is 2.50. The first kappa shape index (κ1) is 12.0. The van der Waals surface area contributed by atoms with Crippen molar-refractivity contribution in [3.8, 4) is 0 Å². The number of amides is 1. The third-order valence-electron chi connectivity index (χ3n) is 3.31. The van der Waals surface area contributed by atoms with Crippen molar-refractivity contribution in [2.75, 3.05) is 12.3 Å². The number of carbonyl (C=O) groups is 1. The molecule has 2 rings (SSSR count). The Hall–Kier alpha value is -1.51. The van der Waals surface area contributed by atoms with Crippen LogP contribution < -0.4 is 11.1 Å². The van der Waals surface area contributed by atoms with Crippen LogP contribution in [0.15, 0.2) is 18.2 Å². The zero-order valence-electron chi connectivity index (χ0n) is 10.3. The molecule has 1 saturated carbocycles. The lowest BCUT2D eigenvalue weighted by atomic mass is 10.1. The highest BCUT2D eigenvalue weighted by Crippen LogP contribution is 2.33. The Labute approximate surface area is 102 Å². The summed E-state index contributed by atoms with van der Waals surface area (Å²) in [5.41, 5.74) is 8.12. The van der Waals surface area contributed by atoms with Crippen LogP contribution in [0.25, 0.3) is 0 Å². The number of rotatable bonds is 5. The predicted molar refractivity (Wildman–Crippen MR) is 69.9 cm³/mol. The van der Waals surface area contributed by atoms with Gasteiger partial charge in [-0.3, -0.25) is 4.79 Å². The number of hydrogen-bond donors (Lipinski definition) is 2. The number of nitrogens with two attached hydrogens (primary N) is 1. The topological polar surface area (TPSA) is 55.1 Å². The van der Waals surface area contributed by atoms with Crippen molar-refractivity contribution in [2.45, 2.75) is 32.6 Å². The first-order valence-corrected chi connectivity index (χ1v) is 6.31. The van der Waals surface area contributed by atoms with E-state index in [-0.39, 0.29) is 5.91 Å². The molecule has 92 valence electrons. The minimum Gasteiger partial charge on any atom is -0.398 e. The van der Waals surface area contributed by atoms with Gasteiger partial charge in [-0.05, 0) is 43.4 Å². The van der Waals surface area contributed by atoms with Gasteiger partial charge in [-0.1, -0.05) is 18.9 Å². The Morgan fingerprint density at radius 3 is 2.88 bits per heavy atom. The fourth-order valence-corrected chi connectivity index (χ4v) is 1.88. The Morgan fingerprint density at radius 1 is 1.47 bits per heavy atom. The van der Waals surface area contributed by atoms with Gasteiger partial charge in [0.25, 0.3) is 5.91 Å². The summed E-state index contributed by atoms with van der Waals surface area (Å²) in [5, 5.41) is 2.93. The molecule has 1 aliphatic carbocycles. The van der Waals surface area contributed by atoms with Crippen LogP contribution in [0.4, 0.5) is 5.69 Å². The van der Waals surface area contributed by atoms with Gasteiger partial charge in [-0.2, -0.15) is 0 Å². The summed E-state index contributed by atoms with van der Waals surface area (Å²) in [4.78, 5) is 11.8. The van der Waals surface area contributed by atoms with E-state index >= 15 is 0 Å². The molecule has 1 amide bonds. The monoisotopic (exact) mass is 232 g/mol. The van der Waals surface area contributed by atoms with E-state index in [0.717, 1.165) is 24.4 Å². The molecule has 0 atom stereocenters. The van der Waals surface area contributed by atoms with Gasteiger partial charge < -0.3 is 11.1 Å². The summed E-state index contributed by atoms with van der Waals surface area (Å²) >= 11 is 0. The molecule has 0 bridgehead atoms. The summed E-state index contributed by atoms with van der Waals surface area (Å²) in [6.45, 7) is 2.70. The van der Waals surface area contributed by atoms with Crippen molar-refractivity contribution in [1.29, 1.82) is 0 Å². The number of benzene rings is 1. The summed E-state index contributed by atoms with van der Waals surface area (Å²) in [7, 11) is 0. The van der Waals surface area contributed by atoms with E-state index < -0.39 is 0 Å². The van der Waals surface area contributed by atoms with Crippen LogP contribution in [0.1, 0.15) is 41.6 Å². The number of aryl methyl sites for hydroxylation is 1. The molecule has 1 aromatic rings. The third kappa shape index (κ3) is 3.48. The Kier molecular flexibility index (Phi) is 3.67. The van der Waals surface area contributed by atoms with E-state index in [1.807, 2.05) is 19.1 Å². The smallest absolute Gasteiger partial charge is 0.251 e. The SMILES string of the molecule is Cc1ccc(C(=O)NCCCC2CC2)cc1N. The second-order valence-electron chi connectivity index (χ2n) is 4.91. The van der Waals surface area contributed by atoms with Crippen LogP contribution in [0, 0.1) is 12.8 Å². The van der Waals surface area contributed by atoms with E-state index in [9.17, 15) is 4.79 Å². The maximum absolute atomic E-state index is 11.8. The maximum Gasteiger partial charge on any atom is 0.251 e. The van der Waals surface area contributed by atoms with Gasteiger partial charge in [0.05, 0.1) is 0 Å². The molecule has 0 spiro atoms. The fourth-order valence-electron chi connectivity index (χ4n) is 1.88. The van der Waals surface area contributed by atoms with E-state index in [0.29, 0.717) is 11.3 Å². The largest absolute Gasteiger partial charge is 0.398 e. The quantitative estimate of drug-likeness (QED) is 0.605. The molecule has 17 heavy (non-hydrogen) atoms. The molecule has 0 aromatic heterocycles. The average molecular weight is 232 g/mol. The number of carbonyl (C=O) groups excluding carboxylic acids is 1. The van der Waals surface area contributed by atoms with Crippen LogP contribution in [0.2, 0.25) is 0 Å². The molecular weight excluding hydrogens is 212 g/mol. The highest BCUT2D eigenvalue weighted by atomic mass is 16.1. The average Bonchev–Trinajstić information content (AvgIpc) is 3.12. The van der Waals surface area contributed by atoms with Crippen molar-refractivity contribution >= 4 is 11.6 Å². The van der Waals surface area contributed by atoms with Crippen molar-refractivity contribution in [1.82, 2.24) is 5.32 Å². The van der Waals surface area contributed by atoms with Crippen LogP contribution in [-0.4, -0.2) is 12.5 Å². The lowest BCUT2D eigenvalue weighted by Gasteiger charge is -2.06. The summed E-state index contributed by atoms with van der Waals surface area (Å²) in [5.74, 6) is 0.911. The Balaban J connectivity index is 1.79. The molecule has 1 aromatic carbocycles. The normalized spacial score (nSPS) is 14.6. The number of nitrogens with one attached hydrogen (secondary N) is 1. The van der Waals surface area contributed by atoms with Gasteiger partial charge in [-0.15, -0.1) is 0 Å². The zero-order chi connectivity index (χ0) is 12.3. The van der Waals surface area contributed by atoms with Gasteiger partial charge in [0.15, 0.2) is 0 Å². The minimum absolute atomic E-state index is 0.0208. The van der Waals surface area contributed by atoms with Crippen LogP contribution >= 0.6 is 0 Å². The molecule has 0 heterocycles. The molecule has 3 heteroatoms. The fraction of sp³-hybridized carbons (Fsp3) is 0.500. The van der Waals surface area contributed by atoms with Gasteiger partial charge in [-0.25, -0.2) is 0 Å². The van der Waals surface area contributed by atoms with Crippen LogP contribution in [0.5, 0.6) is 0 Å². The van der Waals surface area contributed by atoms with Crippen molar-refractivity contribution in [3.05, 3.63) is 29.3 Å². The van der Waals surface area contributed by atoms with Crippen LogP contribution in [-0.2, 0) is 0 Å². The molecular formula is C14H20N2O. The summed E-state index contributed by atoms with van der Waals surface area (Å²) < 4.78 is 0. The molecule has 0 radical (unpaired) electrons. The molecule has 3 N–H and O–H groups in total. The summed E-state index contributed by atoms with van der Waals surface area (Å²) in [6.07, 6.45) is 5.08. The molecule has 1 fully saturated rings. The van der Waals surface area contributed by atoms with E-state index in [2.05, 4.69) is 5.32 Å². The number of nitrogen functional groups attached to an aromatic ring is 1. The molecule has 0 saturated heterocycles. The highest BCUT2D eigenvalue weighted by molar-refractivity contribution is 5.95. The number of hydrogen-bond acceptors (Lipinski definition) is 2.